The summed E-state index contributed by atoms with van der Waals surface area (Å²) in [6.07, 6.45) is -3.36. The van der Waals surface area contributed by atoms with E-state index in [0.717, 1.165) is 12.1 Å². The van der Waals surface area contributed by atoms with Crippen LogP contribution in [0.3, 0.4) is 0 Å². The molecule has 4 rings (SSSR count). The highest BCUT2D eigenvalue weighted by Gasteiger charge is 2.31. The van der Waals surface area contributed by atoms with E-state index in [4.69, 9.17) is 15.2 Å². The molecule has 1 amide bonds. The van der Waals surface area contributed by atoms with Crippen LogP contribution in [0.4, 0.5) is 19.0 Å². The molecule has 0 aliphatic carbocycles. The van der Waals surface area contributed by atoms with Gasteiger partial charge in [0.1, 0.15) is 5.82 Å². The molecule has 0 bridgehead atoms. The number of alkyl halides is 3. The molecule has 0 spiro atoms. The lowest BCUT2D eigenvalue weighted by atomic mass is 9.96. The van der Waals surface area contributed by atoms with Gasteiger partial charge in [-0.25, -0.2) is 9.97 Å². The van der Waals surface area contributed by atoms with Gasteiger partial charge in [0.25, 0.3) is 0 Å². The second-order valence-corrected chi connectivity index (χ2v) is 7.84. The van der Waals surface area contributed by atoms with Crippen LogP contribution in [0.1, 0.15) is 18.4 Å². The predicted octanol–water partition coefficient (Wildman–Crippen LogP) is 4.03. The van der Waals surface area contributed by atoms with Crippen molar-refractivity contribution in [3.05, 3.63) is 42.0 Å². The van der Waals surface area contributed by atoms with Gasteiger partial charge in [0.2, 0.25) is 5.91 Å². The number of primary amides is 1. The number of nitrogens with zero attached hydrogens (tertiary/aromatic N) is 3. The molecule has 2 aromatic carbocycles. The number of rotatable bonds is 5. The van der Waals surface area contributed by atoms with E-state index in [2.05, 4.69) is 9.97 Å². The summed E-state index contributed by atoms with van der Waals surface area (Å²) in [7, 11) is 3.01. The molecule has 7 nitrogen and oxygen atoms in total. The Hall–Kier alpha value is -3.56. The summed E-state index contributed by atoms with van der Waals surface area (Å²) >= 11 is 0. The van der Waals surface area contributed by atoms with Crippen molar-refractivity contribution < 1.29 is 27.4 Å². The van der Waals surface area contributed by atoms with Crippen LogP contribution in [-0.2, 0) is 11.0 Å². The maximum atomic E-state index is 13.3. The van der Waals surface area contributed by atoms with Crippen molar-refractivity contribution in [2.45, 2.75) is 19.0 Å². The van der Waals surface area contributed by atoms with Crippen LogP contribution in [0.25, 0.3) is 22.3 Å². The molecular formula is C23H23F3N4O3. The SMILES string of the molecule is COc1cc2nc(-c3cccc(C(F)(F)F)c3)nc(N3CCC(C(N)=O)CC3)c2cc1OC. The second kappa shape index (κ2) is 8.76. The van der Waals surface area contributed by atoms with Crippen molar-refractivity contribution in [3.63, 3.8) is 0 Å². The fourth-order valence-corrected chi connectivity index (χ4v) is 4.02. The molecule has 0 unspecified atom stereocenters. The Kier molecular flexibility index (Phi) is 6.01. The second-order valence-electron chi connectivity index (χ2n) is 7.84. The fourth-order valence-electron chi connectivity index (χ4n) is 4.02. The maximum absolute atomic E-state index is 13.3. The zero-order chi connectivity index (χ0) is 23.8. The monoisotopic (exact) mass is 460 g/mol. The lowest BCUT2D eigenvalue weighted by Gasteiger charge is -2.32. The summed E-state index contributed by atoms with van der Waals surface area (Å²) in [5, 5.41) is 0.668. The highest BCUT2D eigenvalue weighted by molar-refractivity contribution is 5.93. The lowest BCUT2D eigenvalue weighted by Crippen LogP contribution is -2.39. The minimum atomic E-state index is -4.48. The summed E-state index contributed by atoms with van der Waals surface area (Å²) in [6, 6.07) is 8.34. The Morgan fingerprint density at radius 1 is 1.06 bits per heavy atom. The Labute approximate surface area is 188 Å². The van der Waals surface area contributed by atoms with Crippen LogP contribution in [0.15, 0.2) is 36.4 Å². The number of nitrogens with two attached hydrogens (primary N) is 1. The highest BCUT2D eigenvalue weighted by Crippen LogP contribution is 2.38. The first-order valence-electron chi connectivity index (χ1n) is 10.4. The Bertz CT molecular complexity index is 1190. The number of piperidine rings is 1. The van der Waals surface area contributed by atoms with Crippen molar-refractivity contribution >= 4 is 22.6 Å². The van der Waals surface area contributed by atoms with Gasteiger partial charge in [-0.05, 0) is 31.0 Å². The average Bonchev–Trinajstić information content (AvgIpc) is 2.82. The number of carbonyl (C=O) groups is 1. The van der Waals surface area contributed by atoms with E-state index >= 15 is 0 Å². The number of amides is 1. The summed E-state index contributed by atoms with van der Waals surface area (Å²) in [5.74, 6) is 1.08. The number of halogens is 3. The number of hydrogen-bond acceptors (Lipinski definition) is 6. The molecular weight excluding hydrogens is 437 g/mol. The number of methoxy groups -OCH3 is 2. The third-order valence-electron chi connectivity index (χ3n) is 5.83. The summed E-state index contributed by atoms with van der Waals surface area (Å²) < 4.78 is 50.6. The molecule has 2 heterocycles. The van der Waals surface area contributed by atoms with Crippen molar-refractivity contribution in [1.82, 2.24) is 9.97 Å². The van der Waals surface area contributed by atoms with Gasteiger partial charge in [-0.2, -0.15) is 13.2 Å². The number of fused-ring (bicyclic) bond motifs is 1. The van der Waals surface area contributed by atoms with E-state index in [1.54, 1.807) is 18.2 Å². The van der Waals surface area contributed by atoms with Crippen molar-refractivity contribution in [2.24, 2.45) is 11.7 Å². The van der Waals surface area contributed by atoms with E-state index in [0.29, 0.717) is 54.2 Å². The van der Waals surface area contributed by atoms with Crippen LogP contribution >= 0.6 is 0 Å². The molecule has 1 aromatic heterocycles. The van der Waals surface area contributed by atoms with Crippen LogP contribution in [0.5, 0.6) is 11.5 Å². The molecule has 2 N–H and O–H groups in total. The topological polar surface area (TPSA) is 90.6 Å². The van der Waals surface area contributed by atoms with E-state index in [1.165, 1.54) is 20.3 Å². The summed E-state index contributed by atoms with van der Waals surface area (Å²) in [6.45, 7) is 1.05. The Morgan fingerprint density at radius 3 is 2.33 bits per heavy atom. The highest BCUT2D eigenvalue weighted by atomic mass is 19.4. The molecule has 0 atom stereocenters. The van der Waals surface area contributed by atoms with Crippen molar-refractivity contribution in [2.75, 3.05) is 32.2 Å². The van der Waals surface area contributed by atoms with Crippen LogP contribution < -0.4 is 20.1 Å². The molecule has 0 saturated carbocycles. The van der Waals surface area contributed by atoms with Crippen molar-refractivity contribution in [3.8, 4) is 22.9 Å². The molecule has 1 aliphatic rings. The van der Waals surface area contributed by atoms with Gasteiger partial charge < -0.3 is 20.1 Å². The number of hydrogen-bond donors (Lipinski definition) is 1. The van der Waals surface area contributed by atoms with Gasteiger partial charge in [0, 0.05) is 36.0 Å². The van der Waals surface area contributed by atoms with Crippen LogP contribution in [0.2, 0.25) is 0 Å². The quantitative estimate of drug-likeness (QED) is 0.618. The van der Waals surface area contributed by atoms with Gasteiger partial charge in [-0.3, -0.25) is 4.79 Å². The van der Waals surface area contributed by atoms with E-state index in [-0.39, 0.29) is 23.2 Å². The molecule has 0 radical (unpaired) electrons. The third kappa shape index (κ3) is 4.50. The molecule has 33 heavy (non-hydrogen) atoms. The fraction of sp³-hybridized carbons (Fsp3) is 0.348. The lowest BCUT2D eigenvalue weighted by molar-refractivity contribution is -0.137. The van der Waals surface area contributed by atoms with Gasteiger partial charge in [-0.15, -0.1) is 0 Å². The number of benzene rings is 2. The predicted molar refractivity (Wildman–Crippen MR) is 117 cm³/mol. The van der Waals surface area contributed by atoms with E-state index in [9.17, 15) is 18.0 Å². The van der Waals surface area contributed by atoms with Gasteiger partial charge in [0.15, 0.2) is 17.3 Å². The first kappa shape index (κ1) is 22.6. The van der Waals surface area contributed by atoms with Gasteiger partial charge in [0.05, 0.1) is 25.3 Å². The molecule has 1 fully saturated rings. The van der Waals surface area contributed by atoms with Gasteiger partial charge >= 0.3 is 6.18 Å². The molecule has 174 valence electrons. The molecule has 1 saturated heterocycles. The Morgan fingerprint density at radius 2 is 1.73 bits per heavy atom. The number of ether oxygens (including phenoxy) is 2. The first-order chi connectivity index (χ1) is 15.7. The number of anilines is 1. The standard InChI is InChI=1S/C23H23F3N4O3/c1-32-18-11-16-17(12-19(18)33-2)28-21(14-4-3-5-15(10-14)23(24,25)26)29-22(16)30-8-6-13(7-9-30)20(27)31/h3-5,10-13H,6-9H2,1-2H3,(H2,27,31). The van der Waals surface area contributed by atoms with Crippen LogP contribution in [-0.4, -0.2) is 43.2 Å². The molecule has 3 aromatic rings. The maximum Gasteiger partial charge on any atom is 0.416 e. The smallest absolute Gasteiger partial charge is 0.416 e. The zero-order valence-electron chi connectivity index (χ0n) is 18.1. The number of aromatic nitrogens is 2. The molecule has 10 heteroatoms. The first-order valence-corrected chi connectivity index (χ1v) is 10.4. The number of carbonyl (C=O) groups excluding carboxylic acids is 1. The minimum Gasteiger partial charge on any atom is -0.493 e. The average molecular weight is 460 g/mol. The van der Waals surface area contributed by atoms with Gasteiger partial charge in [-0.1, -0.05) is 12.1 Å². The van der Waals surface area contributed by atoms with E-state index in [1.807, 2.05) is 4.90 Å². The van der Waals surface area contributed by atoms with Crippen LogP contribution in [0, 0.1) is 5.92 Å². The zero-order valence-corrected chi connectivity index (χ0v) is 18.1. The molecule has 1 aliphatic heterocycles. The summed E-state index contributed by atoms with van der Waals surface area (Å²) in [5.41, 5.74) is 5.42. The normalized spacial score (nSPS) is 15.0. The van der Waals surface area contributed by atoms with Crippen molar-refractivity contribution in [1.29, 1.82) is 0 Å². The minimum absolute atomic E-state index is 0.160. The van der Waals surface area contributed by atoms with E-state index < -0.39 is 11.7 Å². The largest absolute Gasteiger partial charge is 0.493 e. The Balaban J connectivity index is 1.87. The summed E-state index contributed by atoms with van der Waals surface area (Å²) in [4.78, 5) is 22.8. The third-order valence-corrected chi connectivity index (χ3v) is 5.83.